The number of amides is 5. The summed E-state index contributed by atoms with van der Waals surface area (Å²) in [6.45, 7) is 7.62. The van der Waals surface area contributed by atoms with Crippen molar-refractivity contribution in [3.63, 3.8) is 0 Å². The second kappa shape index (κ2) is 28.4. The van der Waals surface area contributed by atoms with Crippen LogP contribution in [0.25, 0.3) is 22.5 Å². The highest BCUT2D eigenvalue weighted by Gasteiger charge is 2.41. The van der Waals surface area contributed by atoms with E-state index >= 15 is 0 Å². The number of benzene rings is 3. The Bertz CT molecular complexity index is 2750. The molecule has 0 saturated carbocycles. The Morgan fingerprint density at radius 1 is 0.803 bits per heavy atom. The van der Waals surface area contributed by atoms with Gasteiger partial charge in [-0.2, -0.15) is 5.10 Å². The molecule has 1 atom stereocenters. The van der Waals surface area contributed by atoms with Gasteiger partial charge in [0.1, 0.15) is 11.8 Å². The lowest BCUT2D eigenvalue weighted by Gasteiger charge is -2.39. The van der Waals surface area contributed by atoms with E-state index in [9.17, 15) is 24.0 Å². The Morgan fingerprint density at radius 2 is 1.50 bits per heavy atom. The van der Waals surface area contributed by atoms with Gasteiger partial charge in [-0.25, -0.2) is 4.98 Å². The van der Waals surface area contributed by atoms with E-state index in [2.05, 4.69) is 48.6 Å². The van der Waals surface area contributed by atoms with Crippen molar-refractivity contribution in [2.24, 2.45) is 5.73 Å². The number of fused-ring (bicyclic) bond motifs is 1. The first kappa shape index (κ1) is 56.9. The van der Waals surface area contributed by atoms with Crippen molar-refractivity contribution >= 4 is 53.3 Å². The monoisotopic (exact) mass is 1060 g/mol. The Balaban J connectivity index is 0.00000840. The van der Waals surface area contributed by atoms with E-state index in [1.165, 1.54) is 4.90 Å². The van der Waals surface area contributed by atoms with E-state index in [0.29, 0.717) is 93.7 Å². The number of H-pyrrole nitrogens is 1. The highest BCUT2D eigenvalue weighted by molar-refractivity contribution is 6.07. The van der Waals surface area contributed by atoms with Crippen LogP contribution in [-0.2, 0) is 47.1 Å². The molecule has 5 heterocycles. The standard InChI is InChI=1S/C56H70N10O9.ClH/c1-2-41-43(51(57)69)18-17-42(50(41)63-56(23-27-59-28-24-56)55-62-52(64-65-55)38-21-25-58-26-22-38)39-12-10-13-40(36-39)75-31-9-4-3-7-29-72-32-34-74-35-33-73-30-8-5-6-16-48(67)60-46-15-11-14-44-45(46)37-66(54(44)71)47-19-20-49(68)61-53(47)70;/h10-15,17-18,21-22,25-26,36,47,59,63H,2-9,16,19-20,23-24,27-35,37H2,1H3,(H2,57,69)(H,60,67)(H,61,68,70)(H,62,64,65);1H. The Hall–Kier alpha value is -6.77. The smallest absolute Gasteiger partial charge is 0.255 e. The van der Waals surface area contributed by atoms with Gasteiger partial charge in [0.15, 0.2) is 11.6 Å². The van der Waals surface area contributed by atoms with Crippen molar-refractivity contribution in [1.82, 2.24) is 35.7 Å². The molecule has 1 unspecified atom stereocenters. The van der Waals surface area contributed by atoms with Crippen molar-refractivity contribution in [2.75, 3.05) is 70.0 Å². The van der Waals surface area contributed by atoms with Crippen molar-refractivity contribution in [3.8, 4) is 28.3 Å². The number of carbonyl (C=O) groups excluding carboxylic acids is 5. The third kappa shape index (κ3) is 14.8. The van der Waals surface area contributed by atoms with E-state index in [1.54, 1.807) is 30.6 Å². The van der Waals surface area contributed by atoms with Gasteiger partial charge in [0.25, 0.3) is 5.91 Å². The molecule has 2 saturated heterocycles. The molecule has 406 valence electrons. The lowest BCUT2D eigenvalue weighted by atomic mass is 9.85. The molecule has 8 rings (SSSR count). The second-order valence-electron chi connectivity index (χ2n) is 19.2. The van der Waals surface area contributed by atoms with Crippen LogP contribution >= 0.6 is 12.4 Å². The summed E-state index contributed by atoms with van der Waals surface area (Å²) >= 11 is 0. The molecule has 0 radical (unpaired) electrons. The van der Waals surface area contributed by atoms with Crippen molar-refractivity contribution in [1.29, 1.82) is 0 Å². The molecule has 76 heavy (non-hydrogen) atoms. The van der Waals surface area contributed by atoms with Crippen molar-refractivity contribution in [3.05, 3.63) is 107 Å². The Morgan fingerprint density at radius 3 is 2.21 bits per heavy atom. The molecular formula is C56H71ClN10O9. The minimum absolute atomic E-state index is 0. The summed E-state index contributed by atoms with van der Waals surface area (Å²) in [6.07, 6.45) is 12.6. The highest BCUT2D eigenvalue weighted by atomic mass is 35.5. The molecule has 3 aromatic carbocycles. The zero-order chi connectivity index (χ0) is 52.4. The number of piperidine rings is 2. The van der Waals surface area contributed by atoms with Crippen LogP contribution in [0.4, 0.5) is 11.4 Å². The van der Waals surface area contributed by atoms with Gasteiger partial charge in [-0.1, -0.05) is 44.0 Å². The van der Waals surface area contributed by atoms with Crippen LogP contribution in [-0.4, -0.2) is 120 Å². The SMILES string of the molecule is CCc1c(C(N)=O)ccc(-c2cccc(OCCCCCCOCCOCCOCCCCCC(=O)Nc3cccc4c3CN(C3CCC(=O)NC3=O)C4=O)c2)c1NC1(c2nc(-c3ccncc3)n[nH]2)CCNCC1.Cl. The molecule has 2 aromatic heterocycles. The first-order valence-electron chi connectivity index (χ1n) is 26.4. The first-order valence-corrected chi connectivity index (χ1v) is 26.4. The molecule has 0 spiro atoms. The normalized spacial score (nSPS) is 15.9. The van der Waals surface area contributed by atoms with Gasteiger partial charge in [0, 0.05) is 84.2 Å². The zero-order valence-electron chi connectivity index (χ0n) is 43.3. The predicted molar refractivity (Wildman–Crippen MR) is 290 cm³/mol. The first-order chi connectivity index (χ1) is 36.6. The molecule has 3 aliphatic rings. The molecule has 3 aliphatic heterocycles. The average molecular weight is 1060 g/mol. The number of nitrogens with one attached hydrogen (secondary N) is 5. The van der Waals surface area contributed by atoms with Gasteiger partial charge in [-0.15, -0.1) is 12.4 Å². The van der Waals surface area contributed by atoms with E-state index < -0.39 is 23.4 Å². The number of rotatable bonds is 29. The van der Waals surface area contributed by atoms with Gasteiger partial charge < -0.3 is 45.5 Å². The maximum atomic E-state index is 13.1. The third-order valence-corrected chi connectivity index (χ3v) is 14.0. The highest BCUT2D eigenvalue weighted by Crippen LogP contribution is 2.42. The van der Waals surface area contributed by atoms with Crippen LogP contribution in [0.15, 0.2) is 79.1 Å². The van der Waals surface area contributed by atoms with Gasteiger partial charge in [-0.05, 0) is 124 Å². The molecule has 5 aromatic rings. The molecule has 20 heteroatoms. The van der Waals surface area contributed by atoms with Crippen LogP contribution in [0, 0.1) is 0 Å². The van der Waals surface area contributed by atoms with E-state index in [-0.39, 0.29) is 49.5 Å². The maximum absolute atomic E-state index is 13.1. The van der Waals surface area contributed by atoms with Crippen molar-refractivity contribution < 1.29 is 42.9 Å². The van der Waals surface area contributed by atoms with Crippen LogP contribution in [0.1, 0.15) is 122 Å². The van der Waals surface area contributed by atoms with Crippen LogP contribution < -0.4 is 31.7 Å². The number of imide groups is 1. The number of primary amides is 1. The van der Waals surface area contributed by atoms with E-state index in [1.807, 2.05) is 43.3 Å². The number of hydrogen-bond acceptors (Lipinski definition) is 14. The minimum atomic E-state index is -0.708. The minimum Gasteiger partial charge on any atom is -0.494 e. The fourth-order valence-electron chi connectivity index (χ4n) is 9.98. The second-order valence-corrected chi connectivity index (χ2v) is 19.2. The summed E-state index contributed by atoms with van der Waals surface area (Å²) in [5.74, 6) is 0.415. The summed E-state index contributed by atoms with van der Waals surface area (Å²) < 4.78 is 23.4. The number of anilines is 2. The number of hydrogen-bond donors (Lipinski definition) is 6. The van der Waals surface area contributed by atoms with Crippen LogP contribution in [0.2, 0.25) is 0 Å². The fraction of sp³-hybridized carbons (Fsp3) is 0.464. The maximum Gasteiger partial charge on any atom is 0.255 e. The number of nitrogens with two attached hydrogens (primary N) is 1. The summed E-state index contributed by atoms with van der Waals surface area (Å²) in [5.41, 5.74) is 12.0. The number of carbonyl (C=O) groups is 5. The van der Waals surface area contributed by atoms with Gasteiger partial charge in [-0.3, -0.25) is 39.4 Å². The molecule has 0 bridgehead atoms. The quantitative estimate of drug-likeness (QED) is 0.0204. The van der Waals surface area contributed by atoms with Crippen LogP contribution in [0.3, 0.4) is 0 Å². The zero-order valence-corrected chi connectivity index (χ0v) is 44.1. The number of nitrogens with zero attached hydrogens (tertiary/aromatic N) is 4. The molecular weight excluding hydrogens is 992 g/mol. The number of pyridine rings is 1. The number of aromatic nitrogens is 4. The summed E-state index contributed by atoms with van der Waals surface area (Å²) in [5, 5.41) is 20.5. The third-order valence-electron chi connectivity index (χ3n) is 14.0. The average Bonchev–Trinajstić information content (AvgIpc) is 4.10. The summed E-state index contributed by atoms with van der Waals surface area (Å²) in [4.78, 5) is 73.2. The predicted octanol–water partition coefficient (Wildman–Crippen LogP) is 7.26. The fourth-order valence-corrected chi connectivity index (χ4v) is 9.98. The van der Waals surface area contributed by atoms with Gasteiger partial charge >= 0.3 is 0 Å². The van der Waals surface area contributed by atoms with Gasteiger partial charge in [0.2, 0.25) is 23.6 Å². The molecule has 7 N–H and O–H groups in total. The number of aromatic amines is 1. The topological polar surface area (TPSA) is 254 Å². The lowest BCUT2D eigenvalue weighted by molar-refractivity contribution is -0.137. The van der Waals surface area contributed by atoms with Gasteiger partial charge in [0.05, 0.1) is 38.6 Å². The summed E-state index contributed by atoms with van der Waals surface area (Å²) in [6, 6.07) is 20.1. The Labute approximate surface area is 450 Å². The van der Waals surface area contributed by atoms with E-state index in [0.717, 1.165) is 104 Å². The lowest BCUT2D eigenvalue weighted by Crippen LogP contribution is -2.52. The molecule has 5 amide bonds. The molecule has 0 aliphatic carbocycles. The number of ether oxygens (including phenoxy) is 4. The van der Waals surface area contributed by atoms with Crippen LogP contribution in [0.5, 0.6) is 5.75 Å². The largest absolute Gasteiger partial charge is 0.494 e. The van der Waals surface area contributed by atoms with Crippen molar-refractivity contribution in [2.45, 2.75) is 109 Å². The number of halogens is 1. The molecule has 2 fully saturated rings. The summed E-state index contributed by atoms with van der Waals surface area (Å²) in [7, 11) is 0. The molecule has 19 nitrogen and oxygen atoms in total. The Kier molecular flexibility index (Phi) is 21.3. The number of unbranched alkanes of at least 4 members (excludes halogenated alkanes) is 5. The van der Waals surface area contributed by atoms with E-state index in [4.69, 9.17) is 29.7 Å².